The minimum atomic E-state index is -1.93. The first-order valence-corrected chi connectivity index (χ1v) is 16.5. The first-order valence-electron chi connectivity index (χ1n) is 12.8. The van der Waals surface area contributed by atoms with Crippen LogP contribution in [0.3, 0.4) is 0 Å². The average molecular weight is 533 g/mol. The van der Waals surface area contributed by atoms with Crippen molar-refractivity contribution in [2.24, 2.45) is 11.8 Å². The van der Waals surface area contributed by atoms with Gasteiger partial charge < -0.3 is 19.3 Å². The zero-order valence-electron chi connectivity index (χ0n) is 22.8. The van der Waals surface area contributed by atoms with Crippen molar-refractivity contribution in [1.29, 1.82) is 0 Å². The van der Waals surface area contributed by atoms with E-state index >= 15 is 0 Å². The summed E-state index contributed by atoms with van der Waals surface area (Å²) in [5, 5.41) is 10.1. The van der Waals surface area contributed by atoms with E-state index in [1.807, 2.05) is 39.0 Å². The summed E-state index contributed by atoms with van der Waals surface area (Å²) in [5.41, 5.74) is 0.602. The van der Waals surface area contributed by atoms with E-state index in [1.54, 1.807) is 11.0 Å². The van der Waals surface area contributed by atoms with Gasteiger partial charge in [-0.05, 0) is 50.5 Å². The number of carbonyl (C=O) groups excluding carboxylic acids is 2. The highest BCUT2D eigenvalue weighted by Gasteiger charge is 2.58. The summed E-state index contributed by atoms with van der Waals surface area (Å²) in [7, 11) is -1.93. The zero-order chi connectivity index (χ0) is 27.0. The van der Waals surface area contributed by atoms with Crippen LogP contribution in [-0.2, 0) is 14.0 Å². The Kier molecular flexibility index (Phi) is 8.47. The Morgan fingerprint density at radius 3 is 2.33 bits per heavy atom. The number of carbonyl (C=O) groups is 3. The van der Waals surface area contributed by atoms with Crippen LogP contribution >= 0.6 is 11.8 Å². The lowest BCUT2D eigenvalue weighted by Gasteiger charge is -2.45. The molecule has 1 N–H and O–H groups in total. The van der Waals surface area contributed by atoms with Crippen molar-refractivity contribution in [1.82, 2.24) is 9.80 Å². The van der Waals surface area contributed by atoms with Crippen molar-refractivity contribution in [3.63, 3.8) is 0 Å². The first kappa shape index (κ1) is 28.5. The van der Waals surface area contributed by atoms with Crippen molar-refractivity contribution >= 4 is 37.9 Å². The maximum Gasteiger partial charge on any atom is 0.353 e. The fourth-order valence-corrected chi connectivity index (χ4v) is 7.04. The zero-order valence-corrected chi connectivity index (χ0v) is 24.6. The molecule has 7 nitrogen and oxygen atoms in total. The van der Waals surface area contributed by atoms with Gasteiger partial charge in [0.05, 0.1) is 17.5 Å². The molecule has 0 aliphatic carbocycles. The third-order valence-electron chi connectivity index (χ3n) is 7.95. The summed E-state index contributed by atoms with van der Waals surface area (Å²) in [6.07, 6.45) is 0.582. The monoisotopic (exact) mass is 532 g/mol. The van der Waals surface area contributed by atoms with Crippen LogP contribution in [0.25, 0.3) is 0 Å². The van der Waals surface area contributed by atoms with Gasteiger partial charge in [-0.1, -0.05) is 51.6 Å². The molecule has 2 aliphatic rings. The molecule has 36 heavy (non-hydrogen) atoms. The van der Waals surface area contributed by atoms with Crippen LogP contribution in [0.15, 0.2) is 39.8 Å². The lowest BCUT2D eigenvalue weighted by Crippen LogP contribution is -2.60. The molecule has 1 aromatic rings. The van der Waals surface area contributed by atoms with Gasteiger partial charge in [0.2, 0.25) is 5.91 Å². The third-order valence-corrected chi connectivity index (χ3v) is 13.9. The van der Waals surface area contributed by atoms with E-state index in [2.05, 4.69) is 33.9 Å². The van der Waals surface area contributed by atoms with E-state index < -0.39 is 14.3 Å². The normalized spacial score (nSPS) is 21.9. The van der Waals surface area contributed by atoms with Crippen LogP contribution < -0.4 is 0 Å². The van der Waals surface area contributed by atoms with Crippen molar-refractivity contribution in [2.75, 3.05) is 19.7 Å². The minimum Gasteiger partial charge on any atom is -0.477 e. The molecule has 0 saturated carbocycles. The van der Waals surface area contributed by atoms with E-state index in [9.17, 15) is 19.5 Å². The van der Waals surface area contributed by atoms with Gasteiger partial charge in [0.1, 0.15) is 5.70 Å². The molecule has 2 heterocycles. The van der Waals surface area contributed by atoms with Crippen molar-refractivity contribution in [2.45, 2.75) is 77.0 Å². The van der Waals surface area contributed by atoms with Gasteiger partial charge >= 0.3 is 5.97 Å². The quantitative estimate of drug-likeness (QED) is 0.319. The molecule has 2 amide bonds. The molecule has 0 radical (unpaired) electrons. The second-order valence-corrected chi connectivity index (χ2v) is 17.0. The molecular weight excluding hydrogens is 492 g/mol. The second kappa shape index (κ2) is 10.7. The number of aliphatic carboxylic acids is 1. The molecule has 0 aromatic heterocycles. The maximum absolute atomic E-state index is 13.1. The Balaban J connectivity index is 1.83. The number of carboxylic acid groups (broad SMARTS) is 1. The molecule has 1 aromatic carbocycles. The van der Waals surface area contributed by atoms with Crippen LogP contribution in [-0.4, -0.2) is 66.7 Å². The molecule has 0 spiro atoms. The summed E-state index contributed by atoms with van der Waals surface area (Å²) in [5.74, 6) is -1.74. The predicted molar refractivity (Wildman–Crippen MR) is 145 cm³/mol. The van der Waals surface area contributed by atoms with E-state index in [4.69, 9.17) is 4.43 Å². The summed E-state index contributed by atoms with van der Waals surface area (Å²) in [4.78, 5) is 43.1. The minimum absolute atomic E-state index is 0.0501. The number of hydrogen-bond donors (Lipinski definition) is 1. The molecule has 1 fully saturated rings. The summed E-state index contributed by atoms with van der Waals surface area (Å²) < 4.78 is 6.31. The second-order valence-electron chi connectivity index (χ2n) is 11.1. The Morgan fingerprint density at radius 1 is 1.17 bits per heavy atom. The molecule has 0 unspecified atom stereocenters. The fraction of sp³-hybridized carbons (Fsp3) is 0.593. The molecule has 3 atom stereocenters. The SMILES string of the molecule is CCN(CC)C(=O)c1ccccc1SC1=C(C(=O)O)N2C(=O)[C@@H](CCO[Si](C)(C)C(C)(C)C)[C@H]2[C@H]1C. The number of hydrogen-bond acceptors (Lipinski definition) is 5. The molecule has 3 rings (SSSR count). The van der Waals surface area contributed by atoms with Crippen LogP contribution in [0.1, 0.15) is 58.3 Å². The fourth-order valence-electron chi connectivity index (χ4n) is 4.72. The lowest BCUT2D eigenvalue weighted by atomic mass is 9.80. The van der Waals surface area contributed by atoms with E-state index in [-0.39, 0.29) is 40.4 Å². The number of carboxylic acids is 1. The Bertz CT molecular complexity index is 1060. The van der Waals surface area contributed by atoms with Gasteiger partial charge in [-0.3, -0.25) is 9.59 Å². The van der Waals surface area contributed by atoms with Gasteiger partial charge in [-0.15, -0.1) is 0 Å². The number of nitrogens with zero attached hydrogens (tertiary/aromatic N) is 2. The third kappa shape index (κ3) is 5.15. The maximum atomic E-state index is 13.1. The van der Waals surface area contributed by atoms with Crippen molar-refractivity contribution < 1.29 is 23.9 Å². The van der Waals surface area contributed by atoms with Gasteiger partial charge in [0, 0.05) is 35.4 Å². The molecule has 0 bridgehead atoms. The van der Waals surface area contributed by atoms with Gasteiger partial charge in [0.15, 0.2) is 8.32 Å². The van der Waals surface area contributed by atoms with E-state index in [0.717, 1.165) is 0 Å². The van der Waals surface area contributed by atoms with Crippen molar-refractivity contribution in [3.05, 3.63) is 40.4 Å². The molecule has 2 aliphatic heterocycles. The number of rotatable bonds is 10. The summed E-state index contributed by atoms with van der Waals surface area (Å²) in [6.45, 7) is 18.5. The summed E-state index contributed by atoms with van der Waals surface area (Å²) in [6, 6.07) is 7.11. The highest BCUT2D eigenvalue weighted by molar-refractivity contribution is 8.03. The number of thioether (sulfide) groups is 1. The summed E-state index contributed by atoms with van der Waals surface area (Å²) >= 11 is 1.31. The van der Waals surface area contributed by atoms with Gasteiger partial charge in [-0.2, -0.15) is 0 Å². The van der Waals surface area contributed by atoms with Crippen LogP contribution in [0, 0.1) is 11.8 Å². The molecule has 1 saturated heterocycles. The van der Waals surface area contributed by atoms with Gasteiger partial charge in [-0.25, -0.2) is 4.79 Å². The topological polar surface area (TPSA) is 87.2 Å². The highest BCUT2D eigenvalue weighted by Crippen LogP contribution is 2.52. The average Bonchev–Trinajstić information content (AvgIpc) is 3.06. The number of fused-ring (bicyclic) bond motifs is 1. The largest absolute Gasteiger partial charge is 0.477 e. The van der Waals surface area contributed by atoms with Crippen LogP contribution in [0.4, 0.5) is 0 Å². The Labute approximate surface area is 220 Å². The molecule has 9 heteroatoms. The predicted octanol–water partition coefficient (Wildman–Crippen LogP) is 5.45. The Morgan fingerprint density at radius 2 is 1.78 bits per heavy atom. The highest BCUT2D eigenvalue weighted by atomic mass is 32.2. The van der Waals surface area contributed by atoms with Gasteiger partial charge in [0.25, 0.3) is 5.91 Å². The number of amides is 2. The lowest BCUT2D eigenvalue weighted by molar-refractivity contribution is -0.157. The molecule has 198 valence electrons. The van der Waals surface area contributed by atoms with E-state index in [1.165, 1.54) is 16.7 Å². The van der Waals surface area contributed by atoms with Crippen LogP contribution in [0.5, 0.6) is 0 Å². The smallest absolute Gasteiger partial charge is 0.353 e. The van der Waals surface area contributed by atoms with E-state index in [0.29, 0.717) is 41.5 Å². The Hall–Kier alpha value is -2.10. The van der Waals surface area contributed by atoms with Crippen LogP contribution in [0.2, 0.25) is 18.1 Å². The number of benzene rings is 1. The first-order chi connectivity index (χ1) is 16.8. The molecular formula is C27H40N2O5SSi. The number of β-lactam (4-membered cyclic amide) rings is 1. The van der Waals surface area contributed by atoms with Crippen molar-refractivity contribution in [3.8, 4) is 0 Å². The standard InChI is InChI=1S/C27H40N2O5SSi/c1-9-28(10-2)24(30)18-13-11-12-14-20(18)35-23-17(3)21-19(25(31)29(21)22(23)26(32)33)15-16-34-36(7,8)27(4,5)6/h11-14,17,19,21H,9-10,15-16H2,1-8H3,(H,32,33)/t17-,19+,21-/m1/s1.